The molecule has 1 saturated carbocycles. The molecule has 0 bridgehead atoms. The van der Waals surface area contributed by atoms with Crippen molar-refractivity contribution in [1.29, 1.82) is 0 Å². The van der Waals surface area contributed by atoms with Gasteiger partial charge in [-0.3, -0.25) is 10.1 Å². The first-order valence-electron chi connectivity index (χ1n) is 7.79. The van der Waals surface area contributed by atoms with Crippen molar-refractivity contribution in [3.63, 3.8) is 0 Å². The summed E-state index contributed by atoms with van der Waals surface area (Å²) >= 11 is 0. The molecule has 6 nitrogen and oxygen atoms in total. The van der Waals surface area contributed by atoms with Crippen LogP contribution in [0.25, 0.3) is 0 Å². The van der Waals surface area contributed by atoms with Crippen molar-refractivity contribution in [3.8, 4) is 0 Å². The quantitative estimate of drug-likeness (QED) is 0.624. The first-order chi connectivity index (χ1) is 10.5. The Kier molecular flexibility index (Phi) is 5.74. The molecule has 6 heteroatoms. The highest BCUT2D eigenvalue weighted by atomic mass is 16.6. The minimum absolute atomic E-state index is 0.0765. The van der Waals surface area contributed by atoms with Crippen molar-refractivity contribution in [2.45, 2.75) is 38.3 Å². The first-order valence-corrected chi connectivity index (χ1v) is 7.79. The van der Waals surface area contributed by atoms with Gasteiger partial charge in [-0.2, -0.15) is 0 Å². The molecule has 0 atom stereocenters. The number of benzene rings is 1. The van der Waals surface area contributed by atoms with Gasteiger partial charge in [-0.15, -0.1) is 0 Å². The number of anilines is 1. The average Bonchev–Trinajstić information content (AvgIpc) is 2.48. The highest BCUT2D eigenvalue weighted by molar-refractivity contribution is 5.63. The maximum atomic E-state index is 11.1. The minimum Gasteiger partial charge on any atom is -0.392 e. The topological polar surface area (TPSA) is 78.6 Å². The van der Waals surface area contributed by atoms with E-state index >= 15 is 0 Å². The molecular weight excluding hydrogens is 282 g/mol. The van der Waals surface area contributed by atoms with Gasteiger partial charge in [0.15, 0.2) is 0 Å². The third-order valence-electron chi connectivity index (χ3n) is 4.27. The third-order valence-corrected chi connectivity index (χ3v) is 4.27. The second-order valence-corrected chi connectivity index (χ2v) is 6.39. The molecule has 1 aromatic rings. The predicted octanol–water partition coefficient (Wildman–Crippen LogP) is 2.62. The van der Waals surface area contributed by atoms with Crippen LogP contribution in [0.15, 0.2) is 18.2 Å². The van der Waals surface area contributed by atoms with Crippen molar-refractivity contribution >= 4 is 11.4 Å². The molecule has 122 valence electrons. The summed E-state index contributed by atoms with van der Waals surface area (Å²) in [5.41, 5.74) is 1.29. The molecular formula is C16H25N3O3. The lowest BCUT2D eigenvalue weighted by Crippen LogP contribution is -2.31. The fourth-order valence-electron chi connectivity index (χ4n) is 3.18. The van der Waals surface area contributed by atoms with Crippen molar-refractivity contribution in [1.82, 2.24) is 4.90 Å². The van der Waals surface area contributed by atoms with E-state index in [1.165, 1.54) is 6.07 Å². The summed E-state index contributed by atoms with van der Waals surface area (Å²) in [6, 6.07) is 5.01. The lowest BCUT2D eigenvalue weighted by molar-refractivity contribution is -0.384. The number of hydrogen-bond acceptors (Lipinski definition) is 5. The maximum Gasteiger partial charge on any atom is 0.292 e. The number of aliphatic hydroxyl groups is 1. The Labute approximate surface area is 131 Å². The molecule has 2 N–H and O–H groups in total. The fourth-order valence-corrected chi connectivity index (χ4v) is 3.18. The van der Waals surface area contributed by atoms with E-state index < -0.39 is 0 Å². The summed E-state index contributed by atoms with van der Waals surface area (Å²) in [5, 5.41) is 23.7. The van der Waals surface area contributed by atoms with Crippen LogP contribution in [0.5, 0.6) is 0 Å². The van der Waals surface area contributed by atoms with Gasteiger partial charge in [-0.25, -0.2) is 0 Å². The molecule has 22 heavy (non-hydrogen) atoms. The van der Waals surface area contributed by atoms with E-state index in [2.05, 4.69) is 24.3 Å². The van der Waals surface area contributed by atoms with Crippen LogP contribution in [0.3, 0.4) is 0 Å². The molecule has 0 aromatic heterocycles. The number of nitro benzene ring substituents is 1. The zero-order valence-electron chi connectivity index (χ0n) is 13.3. The molecule has 1 aliphatic carbocycles. The van der Waals surface area contributed by atoms with Crippen LogP contribution in [0.4, 0.5) is 11.4 Å². The highest BCUT2D eigenvalue weighted by Crippen LogP contribution is 2.31. The SMILES string of the molecule is CN(C)CC1CCC(Nc2cc(CO)ccc2[N+](=O)[O-])CC1. The van der Waals surface area contributed by atoms with Gasteiger partial charge < -0.3 is 15.3 Å². The zero-order chi connectivity index (χ0) is 16.1. The molecule has 1 aliphatic rings. The third kappa shape index (κ3) is 4.42. The molecule has 0 amide bonds. The summed E-state index contributed by atoms with van der Waals surface area (Å²) in [5.74, 6) is 0.715. The zero-order valence-corrected chi connectivity index (χ0v) is 13.3. The Morgan fingerprint density at radius 2 is 2.00 bits per heavy atom. The Morgan fingerprint density at radius 1 is 1.32 bits per heavy atom. The van der Waals surface area contributed by atoms with Gasteiger partial charge in [-0.05, 0) is 63.4 Å². The number of nitro groups is 1. The molecule has 0 heterocycles. The summed E-state index contributed by atoms with van der Waals surface area (Å²) in [6.07, 6.45) is 4.34. The molecule has 0 aliphatic heterocycles. The summed E-state index contributed by atoms with van der Waals surface area (Å²) in [4.78, 5) is 13.0. The van der Waals surface area contributed by atoms with Crippen LogP contribution in [0.1, 0.15) is 31.2 Å². The fraction of sp³-hybridized carbons (Fsp3) is 0.625. The highest BCUT2D eigenvalue weighted by Gasteiger charge is 2.23. The van der Waals surface area contributed by atoms with Crippen molar-refractivity contribution in [3.05, 3.63) is 33.9 Å². The Balaban J connectivity index is 2.00. The second-order valence-electron chi connectivity index (χ2n) is 6.39. The van der Waals surface area contributed by atoms with Gasteiger partial charge in [0.05, 0.1) is 11.5 Å². The van der Waals surface area contributed by atoms with E-state index in [-0.39, 0.29) is 23.3 Å². The van der Waals surface area contributed by atoms with Gasteiger partial charge in [0.2, 0.25) is 0 Å². The van der Waals surface area contributed by atoms with Crippen molar-refractivity contribution in [2.24, 2.45) is 5.92 Å². The lowest BCUT2D eigenvalue weighted by atomic mass is 9.85. The largest absolute Gasteiger partial charge is 0.392 e. The molecule has 1 fully saturated rings. The van der Waals surface area contributed by atoms with Crippen molar-refractivity contribution < 1.29 is 10.0 Å². The molecule has 0 radical (unpaired) electrons. The maximum absolute atomic E-state index is 11.1. The predicted molar refractivity (Wildman–Crippen MR) is 86.9 cm³/mol. The van der Waals surface area contributed by atoms with Gasteiger partial charge in [-0.1, -0.05) is 0 Å². The second kappa shape index (κ2) is 7.56. The Hall–Kier alpha value is -1.66. The van der Waals surface area contributed by atoms with E-state index in [0.717, 1.165) is 32.2 Å². The van der Waals surface area contributed by atoms with E-state index in [4.69, 9.17) is 0 Å². The number of aliphatic hydroxyl groups excluding tert-OH is 1. The van der Waals surface area contributed by atoms with E-state index in [1.807, 2.05) is 0 Å². The minimum atomic E-state index is -0.374. The number of nitrogens with zero attached hydrogens (tertiary/aromatic N) is 2. The Morgan fingerprint density at radius 3 is 2.55 bits per heavy atom. The van der Waals surface area contributed by atoms with Gasteiger partial charge in [0.25, 0.3) is 5.69 Å². The van der Waals surface area contributed by atoms with Gasteiger partial charge in [0.1, 0.15) is 5.69 Å². The normalized spacial score (nSPS) is 21.8. The summed E-state index contributed by atoms with van der Waals surface area (Å²) in [6.45, 7) is 0.995. The van der Waals surface area contributed by atoms with Crippen LogP contribution in [-0.4, -0.2) is 41.6 Å². The van der Waals surface area contributed by atoms with Crippen LogP contribution in [0.2, 0.25) is 0 Å². The van der Waals surface area contributed by atoms with Crippen LogP contribution >= 0.6 is 0 Å². The summed E-state index contributed by atoms with van der Waals surface area (Å²) in [7, 11) is 4.18. The van der Waals surface area contributed by atoms with E-state index in [0.29, 0.717) is 17.2 Å². The Bertz CT molecular complexity index is 511. The molecule has 2 rings (SSSR count). The lowest BCUT2D eigenvalue weighted by Gasteiger charge is -2.31. The summed E-state index contributed by atoms with van der Waals surface area (Å²) < 4.78 is 0. The smallest absolute Gasteiger partial charge is 0.292 e. The van der Waals surface area contributed by atoms with Crippen molar-refractivity contribution in [2.75, 3.05) is 26.0 Å². The first kappa shape index (κ1) is 16.7. The van der Waals surface area contributed by atoms with E-state index in [1.54, 1.807) is 12.1 Å². The average molecular weight is 307 g/mol. The van der Waals surface area contributed by atoms with E-state index in [9.17, 15) is 15.2 Å². The molecule has 0 unspecified atom stereocenters. The molecule has 0 spiro atoms. The van der Waals surface area contributed by atoms with Crippen LogP contribution in [0, 0.1) is 16.0 Å². The van der Waals surface area contributed by atoms with Gasteiger partial charge >= 0.3 is 0 Å². The number of rotatable bonds is 6. The monoisotopic (exact) mass is 307 g/mol. The van der Waals surface area contributed by atoms with Crippen LogP contribution in [-0.2, 0) is 6.61 Å². The van der Waals surface area contributed by atoms with Gasteiger partial charge in [0, 0.05) is 18.7 Å². The standard InChI is InChI=1S/C16H25N3O3/c1-18(2)10-12-3-6-14(7-4-12)17-15-9-13(11-20)5-8-16(15)19(21)22/h5,8-9,12,14,17,20H,3-4,6-7,10-11H2,1-2H3. The number of hydrogen-bond donors (Lipinski definition) is 2. The molecule has 0 saturated heterocycles. The van der Waals surface area contributed by atoms with Crippen LogP contribution < -0.4 is 5.32 Å². The molecule has 1 aromatic carbocycles. The number of nitrogens with one attached hydrogen (secondary N) is 1.